The summed E-state index contributed by atoms with van der Waals surface area (Å²) in [7, 11) is 0. The van der Waals surface area contributed by atoms with Gasteiger partial charge in [0.25, 0.3) is 0 Å². The molecule has 0 spiro atoms. The molecule has 0 aromatic heterocycles. The van der Waals surface area contributed by atoms with Crippen molar-refractivity contribution in [1.29, 1.82) is 0 Å². The summed E-state index contributed by atoms with van der Waals surface area (Å²) < 4.78 is 3.08. The zero-order chi connectivity index (χ0) is 22.3. The van der Waals surface area contributed by atoms with Crippen LogP contribution in [-0.2, 0) is 0 Å². The third kappa shape index (κ3) is 9.78. The standard InChI is InChI=1S/2C7H6O2.2C6H5.Sn/c2*8-6-4-2-1-3-5-7(6)9;2*1-2-4-6-5-3-1;/h2*1-5H,(H,8,9);2*1-5H;. The Bertz CT molecular complexity index is 1070. The molecule has 4 aromatic carbocycles. The Kier molecular flexibility index (Phi) is 10.6. The van der Waals surface area contributed by atoms with Crippen LogP contribution in [0.1, 0.15) is 0 Å². The SMILES string of the molecule is O=c1cccccc1O.O=c1cccccc1O.c1cc[c]([Sn][c]2ccccc2)cc1. The van der Waals surface area contributed by atoms with Crippen LogP contribution in [-0.4, -0.2) is 31.4 Å². The van der Waals surface area contributed by atoms with Crippen LogP contribution in [0.3, 0.4) is 0 Å². The second-order valence-corrected chi connectivity index (χ2v) is 10.2. The van der Waals surface area contributed by atoms with Crippen LogP contribution in [0.4, 0.5) is 0 Å². The molecule has 0 aliphatic carbocycles. The van der Waals surface area contributed by atoms with Gasteiger partial charge in [-0.3, -0.25) is 9.59 Å². The minimum absolute atomic E-state index is 0.208. The Labute approximate surface area is 191 Å². The molecule has 0 bridgehead atoms. The molecule has 2 radical (unpaired) electrons. The first-order valence-corrected chi connectivity index (χ1v) is 12.4. The van der Waals surface area contributed by atoms with E-state index in [0.29, 0.717) is 0 Å². The van der Waals surface area contributed by atoms with Crippen molar-refractivity contribution < 1.29 is 10.2 Å². The van der Waals surface area contributed by atoms with Crippen molar-refractivity contribution in [1.82, 2.24) is 0 Å². The fourth-order valence-corrected chi connectivity index (χ4v) is 5.25. The number of aromatic hydroxyl groups is 2. The molecule has 0 heterocycles. The second-order valence-electron chi connectivity index (χ2n) is 6.18. The third-order valence-electron chi connectivity index (χ3n) is 3.79. The van der Waals surface area contributed by atoms with Gasteiger partial charge in [-0.25, -0.2) is 0 Å². The minimum atomic E-state index is -0.517. The zero-order valence-corrected chi connectivity index (χ0v) is 19.6. The van der Waals surface area contributed by atoms with Gasteiger partial charge in [0.1, 0.15) is 0 Å². The van der Waals surface area contributed by atoms with E-state index in [2.05, 4.69) is 60.7 Å². The van der Waals surface area contributed by atoms with Crippen LogP contribution in [0.2, 0.25) is 0 Å². The van der Waals surface area contributed by atoms with E-state index in [1.807, 2.05) is 0 Å². The fourth-order valence-electron chi connectivity index (χ4n) is 2.25. The van der Waals surface area contributed by atoms with Crippen LogP contribution in [0.15, 0.2) is 131 Å². The molecule has 0 saturated carbocycles. The van der Waals surface area contributed by atoms with Crippen molar-refractivity contribution in [2.45, 2.75) is 0 Å². The van der Waals surface area contributed by atoms with Gasteiger partial charge in [-0.1, -0.05) is 36.4 Å². The number of rotatable bonds is 2. The quantitative estimate of drug-likeness (QED) is 0.402. The summed E-state index contributed by atoms with van der Waals surface area (Å²) in [5, 5.41) is 17.5. The van der Waals surface area contributed by atoms with Gasteiger partial charge >= 0.3 is 89.0 Å². The Hall–Kier alpha value is -3.38. The molecular formula is C26H22O4Sn. The third-order valence-corrected chi connectivity index (χ3v) is 7.34. The van der Waals surface area contributed by atoms with Crippen molar-refractivity contribution in [2.24, 2.45) is 0 Å². The van der Waals surface area contributed by atoms with E-state index < -0.39 is 21.1 Å². The van der Waals surface area contributed by atoms with Crippen LogP contribution >= 0.6 is 0 Å². The maximum atomic E-state index is 10.6. The van der Waals surface area contributed by atoms with Gasteiger partial charge in [0.05, 0.1) is 0 Å². The van der Waals surface area contributed by atoms with Crippen molar-refractivity contribution in [2.75, 3.05) is 0 Å². The topological polar surface area (TPSA) is 74.6 Å². The van der Waals surface area contributed by atoms with E-state index in [0.717, 1.165) is 0 Å². The molecule has 0 aliphatic heterocycles. The first kappa shape index (κ1) is 23.9. The Morgan fingerprint density at radius 1 is 0.419 bits per heavy atom. The summed E-state index contributed by atoms with van der Waals surface area (Å²) in [5.41, 5.74) is -0.694. The molecule has 5 heteroatoms. The maximum absolute atomic E-state index is 10.6. The van der Waals surface area contributed by atoms with Crippen molar-refractivity contribution in [3.05, 3.63) is 142 Å². The van der Waals surface area contributed by atoms with Crippen LogP contribution in [0.25, 0.3) is 0 Å². The number of hydrogen-bond donors (Lipinski definition) is 2. The van der Waals surface area contributed by atoms with Gasteiger partial charge in [0.2, 0.25) is 10.9 Å². The number of benzene rings is 2. The summed E-state index contributed by atoms with van der Waals surface area (Å²) >= 11 is -0.517. The average molecular weight is 517 g/mol. The van der Waals surface area contributed by atoms with Crippen molar-refractivity contribution in [3.8, 4) is 11.5 Å². The molecule has 31 heavy (non-hydrogen) atoms. The van der Waals surface area contributed by atoms with Crippen molar-refractivity contribution in [3.63, 3.8) is 0 Å². The van der Waals surface area contributed by atoms with E-state index in [4.69, 9.17) is 10.2 Å². The van der Waals surface area contributed by atoms with E-state index >= 15 is 0 Å². The monoisotopic (exact) mass is 518 g/mol. The molecule has 154 valence electrons. The molecule has 4 aromatic rings. The van der Waals surface area contributed by atoms with Crippen LogP contribution < -0.4 is 18.0 Å². The predicted molar refractivity (Wildman–Crippen MR) is 127 cm³/mol. The molecule has 0 aliphatic rings. The van der Waals surface area contributed by atoms with E-state index in [9.17, 15) is 9.59 Å². The van der Waals surface area contributed by atoms with Gasteiger partial charge in [0.15, 0.2) is 11.5 Å². The molecule has 0 fully saturated rings. The summed E-state index contributed by atoms with van der Waals surface area (Å²) in [4.78, 5) is 21.1. The molecular weight excluding hydrogens is 495 g/mol. The Balaban J connectivity index is 0.000000170. The summed E-state index contributed by atoms with van der Waals surface area (Å²) in [6.45, 7) is 0. The van der Waals surface area contributed by atoms with Gasteiger partial charge < -0.3 is 10.2 Å². The second kappa shape index (κ2) is 13.8. The van der Waals surface area contributed by atoms with E-state index in [-0.39, 0.29) is 22.4 Å². The molecule has 0 amide bonds. The van der Waals surface area contributed by atoms with Gasteiger partial charge in [-0.15, -0.1) is 0 Å². The normalized spacial score (nSPS) is 9.29. The molecule has 0 saturated heterocycles. The first-order chi connectivity index (χ1) is 15.1. The molecule has 2 N–H and O–H groups in total. The van der Waals surface area contributed by atoms with Crippen LogP contribution in [0, 0.1) is 0 Å². The zero-order valence-electron chi connectivity index (χ0n) is 16.8. The van der Waals surface area contributed by atoms with Gasteiger partial charge in [0, 0.05) is 0 Å². The van der Waals surface area contributed by atoms with E-state index in [1.165, 1.54) is 31.4 Å². The molecule has 0 unspecified atom stereocenters. The average Bonchev–Trinajstić information content (AvgIpc) is 3.10. The van der Waals surface area contributed by atoms with E-state index in [1.54, 1.807) is 36.4 Å². The summed E-state index contributed by atoms with van der Waals surface area (Å²) in [6.07, 6.45) is 0. The van der Waals surface area contributed by atoms with Crippen molar-refractivity contribution >= 4 is 28.3 Å². The first-order valence-electron chi connectivity index (χ1n) is 9.50. The summed E-state index contributed by atoms with van der Waals surface area (Å²) in [5.74, 6) is -0.417. The molecule has 4 rings (SSSR count). The van der Waals surface area contributed by atoms with Gasteiger partial charge in [-0.05, 0) is 24.3 Å². The number of hydrogen-bond acceptors (Lipinski definition) is 4. The molecule has 4 nitrogen and oxygen atoms in total. The Morgan fingerprint density at radius 3 is 1.06 bits per heavy atom. The fraction of sp³-hybridized carbons (Fsp3) is 0. The van der Waals surface area contributed by atoms with Gasteiger partial charge in [-0.2, -0.15) is 0 Å². The predicted octanol–water partition coefficient (Wildman–Crippen LogP) is 2.85. The Morgan fingerprint density at radius 2 is 0.710 bits per heavy atom. The molecule has 0 atom stereocenters. The summed E-state index contributed by atoms with van der Waals surface area (Å²) in [6, 6.07) is 36.7. The van der Waals surface area contributed by atoms with Crippen LogP contribution in [0.5, 0.6) is 11.5 Å².